The van der Waals surface area contributed by atoms with Crippen molar-refractivity contribution in [2.24, 2.45) is 0 Å². The lowest BCUT2D eigenvalue weighted by Crippen LogP contribution is -2.13. The van der Waals surface area contributed by atoms with Crippen molar-refractivity contribution >= 4 is 23.2 Å². The lowest BCUT2D eigenvalue weighted by Gasteiger charge is -2.10. The Bertz CT molecular complexity index is 1070. The second-order valence-electron chi connectivity index (χ2n) is 7.44. The van der Waals surface area contributed by atoms with Gasteiger partial charge in [-0.3, -0.25) is 4.79 Å². The molecule has 1 aromatic carbocycles. The number of carbonyl (C=O) groups is 1. The fourth-order valence-corrected chi connectivity index (χ4v) is 3.53. The van der Waals surface area contributed by atoms with Gasteiger partial charge >= 0.3 is 0 Å². The van der Waals surface area contributed by atoms with E-state index in [1.807, 2.05) is 0 Å². The summed E-state index contributed by atoms with van der Waals surface area (Å²) in [4.78, 5) is 16.2. The minimum absolute atomic E-state index is 0.229. The van der Waals surface area contributed by atoms with E-state index in [2.05, 4.69) is 21.5 Å². The number of carbonyl (C=O) groups excluding carboxylic acids is 1. The van der Waals surface area contributed by atoms with E-state index in [9.17, 15) is 9.18 Å². The Balaban J connectivity index is 1.42. The highest BCUT2D eigenvalue weighted by molar-refractivity contribution is 6.29. The van der Waals surface area contributed by atoms with Crippen LogP contribution in [0, 0.1) is 5.82 Å². The van der Waals surface area contributed by atoms with Gasteiger partial charge in [-0.15, -0.1) is 0 Å². The zero-order valence-electron chi connectivity index (χ0n) is 15.0. The van der Waals surface area contributed by atoms with Crippen molar-refractivity contribution < 1.29 is 9.18 Å². The number of nitrogens with one attached hydrogen (secondary N) is 1. The monoisotopic (exact) mass is 396 g/mol. The molecule has 0 atom stereocenters. The average molecular weight is 397 g/mol. The Morgan fingerprint density at radius 3 is 2.57 bits per heavy atom. The van der Waals surface area contributed by atoms with Crippen LogP contribution in [0.4, 0.5) is 10.1 Å². The van der Waals surface area contributed by atoms with E-state index in [4.69, 9.17) is 11.6 Å². The molecule has 5 nitrogen and oxygen atoms in total. The number of benzene rings is 1. The Morgan fingerprint density at radius 2 is 1.89 bits per heavy atom. The topological polar surface area (TPSA) is 59.8 Å². The number of halogens is 2. The molecule has 0 spiro atoms. The lowest BCUT2D eigenvalue weighted by molar-refractivity contribution is 0.102. The summed E-state index contributed by atoms with van der Waals surface area (Å²) in [5.74, 6) is 0.200. The number of nitrogens with zero attached hydrogens (tertiary/aromatic N) is 3. The van der Waals surface area contributed by atoms with Gasteiger partial charge in [0.05, 0.1) is 5.69 Å². The zero-order valence-corrected chi connectivity index (χ0v) is 15.8. The highest BCUT2D eigenvalue weighted by Gasteiger charge is 2.33. The van der Waals surface area contributed by atoms with Gasteiger partial charge in [0, 0.05) is 35.0 Å². The Labute approximate surface area is 166 Å². The highest BCUT2D eigenvalue weighted by Crippen LogP contribution is 2.45. The summed E-state index contributed by atoms with van der Waals surface area (Å²) in [7, 11) is 0. The molecule has 0 saturated heterocycles. The first kappa shape index (κ1) is 17.4. The third kappa shape index (κ3) is 3.40. The molecule has 0 radical (unpaired) electrons. The van der Waals surface area contributed by atoms with Gasteiger partial charge in [-0.25, -0.2) is 14.1 Å². The van der Waals surface area contributed by atoms with Crippen LogP contribution in [-0.4, -0.2) is 20.7 Å². The fourth-order valence-electron chi connectivity index (χ4n) is 3.36. The maximum absolute atomic E-state index is 14.9. The normalized spacial score (nSPS) is 16.2. The van der Waals surface area contributed by atoms with E-state index < -0.39 is 5.82 Å². The summed E-state index contributed by atoms with van der Waals surface area (Å²) in [5, 5.41) is 7.60. The fraction of sp³-hybridized carbons (Fsp3) is 0.286. The smallest absolute Gasteiger partial charge is 0.255 e. The first-order valence-electron chi connectivity index (χ1n) is 9.41. The lowest BCUT2D eigenvalue weighted by atomic mass is 10.2. The van der Waals surface area contributed by atoms with Crippen LogP contribution in [0.5, 0.6) is 0 Å². The molecular weight excluding hydrogens is 379 g/mol. The van der Waals surface area contributed by atoms with E-state index in [-0.39, 0.29) is 11.1 Å². The second-order valence-corrected chi connectivity index (χ2v) is 7.83. The predicted molar refractivity (Wildman–Crippen MR) is 105 cm³/mol. The van der Waals surface area contributed by atoms with E-state index >= 15 is 0 Å². The molecule has 7 heteroatoms. The molecule has 0 unspecified atom stereocenters. The summed E-state index contributed by atoms with van der Waals surface area (Å²) in [5.41, 5.74) is 3.30. The van der Waals surface area contributed by atoms with Crippen LogP contribution in [0.25, 0.3) is 5.69 Å². The van der Waals surface area contributed by atoms with Crippen LogP contribution < -0.4 is 5.32 Å². The van der Waals surface area contributed by atoms with Crippen LogP contribution in [0.1, 0.15) is 59.3 Å². The molecule has 2 aliphatic rings. The van der Waals surface area contributed by atoms with Gasteiger partial charge in [0.1, 0.15) is 10.8 Å². The Kier molecular flexibility index (Phi) is 4.16. The average Bonchev–Trinajstić information content (AvgIpc) is 3.60. The number of amides is 1. The standard InChI is InChI=1S/C21H18ClFN4O/c22-20-9-14(7-8-24-20)21(28)25-15-5-6-18(16(23)10-15)27-19(13-3-4-13)11-17(26-27)12-1-2-12/h5-13H,1-4H2,(H,25,28). The van der Waals surface area contributed by atoms with E-state index in [1.165, 1.54) is 18.3 Å². The van der Waals surface area contributed by atoms with Gasteiger partial charge in [-0.05, 0) is 62.1 Å². The molecule has 2 heterocycles. The highest BCUT2D eigenvalue weighted by atomic mass is 35.5. The van der Waals surface area contributed by atoms with Gasteiger partial charge < -0.3 is 5.32 Å². The number of hydrogen-bond donors (Lipinski definition) is 1. The molecule has 28 heavy (non-hydrogen) atoms. The van der Waals surface area contributed by atoms with E-state index in [1.54, 1.807) is 22.9 Å². The molecule has 1 amide bonds. The minimum atomic E-state index is -0.419. The molecular formula is C21H18ClFN4O. The van der Waals surface area contributed by atoms with Crippen molar-refractivity contribution in [2.75, 3.05) is 5.32 Å². The van der Waals surface area contributed by atoms with Crippen molar-refractivity contribution in [1.82, 2.24) is 14.8 Å². The SMILES string of the molecule is O=C(Nc1ccc(-n2nc(C3CC3)cc2C2CC2)c(F)c1)c1ccnc(Cl)c1. The number of pyridine rings is 1. The van der Waals surface area contributed by atoms with Gasteiger partial charge in [0.15, 0.2) is 5.82 Å². The quantitative estimate of drug-likeness (QED) is 0.613. The third-order valence-electron chi connectivity index (χ3n) is 5.17. The predicted octanol–water partition coefficient (Wildman–Crippen LogP) is 5.07. The summed E-state index contributed by atoms with van der Waals surface area (Å²) in [6.45, 7) is 0. The number of rotatable bonds is 5. The molecule has 5 rings (SSSR count). The summed E-state index contributed by atoms with van der Waals surface area (Å²) < 4.78 is 16.6. The molecule has 3 aromatic rings. The summed E-state index contributed by atoms with van der Waals surface area (Å²) >= 11 is 5.82. The van der Waals surface area contributed by atoms with Crippen molar-refractivity contribution in [2.45, 2.75) is 37.5 Å². The molecule has 1 N–H and O–H groups in total. The first-order valence-corrected chi connectivity index (χ1v) is 9.79. The second kappa shape index (κ2) is 6.71. The van der Waals surface area contributed by atoms with Crippen LogP contribution in [0.2, 0.25) is 5.15 Å². The molecule has 2 aromatic heterocycles. The van der Waals surface area contributed by atoms with Crippen LogP contribution in [-0.2, 0) is 0 Å². The summed E-state index contributed by atoms with van der Waals surface area (Å²) in [6.07, 6.45) is 6.02. The maximum atomic E-state index is 14.9. The summed E-state index contributed by atoms with van der Waals surface area (Å²) in [6, 6.07) is 9.83. The molecule has 0 aliphatic heterocycles. The van der Waals surface area contributed by atoms with Crippen molar-refractivity contribution in [1.29, 1.82) is 0 Å². The van der Waals surface area contributed by atoms with Gasteiger partial charge in [0.25, 0.3) is 5.91 Å². The molecule has 2 fully saturated rings. The largest absolute Gasteiger partial charge is 0.322 e. The van der Waals surface area contributed by atoms with Crippen LogP contribution in [0.15, 0.2) is 42.6 Å². The van der Waals surface area contributed by atoms with Crippen molar-refractivity contribution in [3.05, 3.63) is 70.5 Å². The van der Waals surface area contributed by atoms with Gasteiger partial charge in [-0.2, -0.15) is 5.10 Å². The van der Waals surface area contributed by atoms with Gasteiger partial charge in [0.2, 0.25) is 0 Å². The maximum Gasteiger partial charge on any atom is 0.255 e. The number of anilines is 1. The number of aromatic nitrogens is 3. The van der Waals surface area contributed by atoms with Gasteiger partial charge in [-0.1, -0.05) is 11.6 Å². The van der Waals surface area contributed by atoms with E-state index in [0.29, 0.717) is 28.8 Å². The Morgan fingerprint density at radius 1 is 1.11 bits per heavy atom. The minimum Gasteiger partial charge on any atom is -0.322 e. The molecule has 2 aliphatic carbocycles. The van der Waals surface area contributed by atoms with Crippen LogP contribution in [0.3, 0.4) is 0 Å². The molecule has 142 valence electrons. The Hall–Kier alpha value is -2.73. The van der Waals surface area contributed by atoms with Crippen LogP contribution >= 0.6 is 11.6 Å². The molecule has 2 saturated carbocycles. The zero-order chi connectivity index (χ0) is 19.3. The third-order valence-corrected chi connectivity index (χ3v) is 5.38. The van der Waals surface area contributed by atoms with E-state index in [0.717, 1.165) is 37.1 Å². The van der Waals surface area contributed by atoms with Crippen molar-refractivity contribution in [3.8, 4) is 5.69 Å². The molecule has 0 bridgehead atoms. The van der Waals surface area contributed by atoms with Crippen molar-refractivity contribution in [3.63, 3.8) is 0 Å². The first-order chi connectivity index (χ1) is 13.6. The number of hydrogen-bond acceptors (Lipinski definition) is 3.